The predicted molar refractivity (Wildman–Crippen MR) is 90.3 cm³/mol. The van der Waals surface area contributed by atoms with Crippen molar-refractivity contribution in [3.05, 3.63) is 53.1 Å². The van der Waals surface area contributed by atoms with Gasteiger partial charge in [0.25, 0.3) is 0 Å². The molecule has 2 aliphatic carbocycles. The van der Waals surface area contributed by atoms with E-state index in [0.29, 0.717) is 3.72 Å². The van der Waals surface area contributed by atoms with Crippen molar-refractivity contribution < 1.29 is 20.4 Å². The van der Waals surface area contributed by atoms with Gasteiger partial charge in [0.15, 0.2) is 0 Å². The molecule has 0 bridgehead atoms. The van der Waals surface area contributed by atoms with Crippen molar-refractivity contribution in [2.45, 2.75) is 55.5 Å². The van der Waals surface area contributed by atoms with Gasteiger partial charge in [-0.2, -0.15) is 0 Å². The summed E-state index contributed by atoms with van der Waals surface area (Å²) in [6.07, 6.45) is 8.03. The van der Waals surface area contributed by atoms with E-state index < -0.39 is 8.07 Å². The molecule has 0 radical (unpaired) electrons. The average Bonchev–Trinajstić information content (AvgIpc) is 2.71. The SMILES string of the molecule is CC1=C[C]([Ti])(C[Si](C)(C)c2ccccc2)C2=C1CCCC2. The molecule has 1 aromatic rings. The Morgan fingerprint density at radius 2 is 1.76 bits per heavy atom. The molecule has 0 nitrogen and oxygen atoms in total. The molecular weight excluding hydrogens is 304 g/mol. The minimum absolute atomic E-state index is 0.325. The van der Waals surface area contributed by atoms with E-state index in [1.54, 1.807) is 21.9 Å². The zero-order valence-electron chi connectivity index (χ0n) is 13.5. The molecular formula is C19H25SiTi. The number of hydrogen-bond donors (Lipinski definition) is 0. The second-order valence-corrected chi connectivity index (χ2v) is 13.5. The second kappa shape index (κ2) is 5.68. The van der Waals surface area contributed by atoms with Crippen LogP contribution >= 0.6 is 0 Å². The topological polar surface area (TPSA) is 0 Å². The Balaban J connectivity index is 1.92. The van der Waals surface area contributed by atoms with Gasteiger partial charge in [-0.05, 0) is 0 Å². The number of hydrogen-bond acceptors (Lipinski definition) is 0. The molecule has 3 rings (SSSR count). The van der Waals surface area contributed by atoms with Crippen molar-refractivity contribution in [1.82, 2.24) is 0 Å². The fraction of sp³-hybridized carbons (Fsp3) is 0.474. The molecule has 0 heterocycles. The van der Waals surface area contributed by atoms with E-state index in [1.165, 1.54) is 31.7 Å². The van der Waals surface area contributed by atoms with Crippen molar-refractivity contribution in [2.75, 3.05) is 0 Å². The Hall–Kier alpha value is -0.369. The van der Waals surface area contributed by atoms with E-state index in [9.17, 15) is 0 Å². The van der Waals surface area contributed by atoms with Gasteiger partial charge in [0.05, 0.1) is 0 Å². The Kier molecular flexibility index (Phi) is 4.20. The third kappa shape index (κ3) is 2.93. The summed E-state index contributed by atoms with van der Waals surface area (Å²) in [5.41, 5.74) is 5.06. The minimum atomic E-state index is -1.40. The molecule has 1 unspecified atom stereocenters. The molecule has 0 saturated carbocycles. The average molecular weight is 329 g/mol. The van der Waals surface area contributed by atoms with Crippen LogP contribution < -0.4 is 5.19 Å². The Morgan fingerprint density at radius 3 is 2.48 bits per heavy atom. The number of allylic oxidation sites excluding steroid dienone is 4. The third-order valence-electron chi connectivity index (χ3n) is 5.22. The van der Waals surface area contributed by atoms with E-state index in [2.05, 4.69) is 76.9 Å². The van der Waals surface area contributed by atoms with Crippen molar-refractivity contribution in [3.8, 4) is 0 Å². The second-order valence-electron chi connectivity index (χ2n) is 7.39. The molecule has 0 fully saturated rings. The van der Waals surface area contributed by atoms with Gasteiger partial charge in [0.1, 0.15) is 0 Å². The van der Waals surface area contributed by atoms with Gasteiger partial charge in [-0.1, -0.05) is 0 Å². The van der Waals surface area contributed by atoms with Gasteiger partial charge in [0, 0.05) is 0 Å². The van der Waals surface area contributed by atoms with Gasteiger partial charge in [-0.3, -0.25) is 0 Å². The Labute approximate surface area is 142 Å². The first-order valence-electron chi connectivity index (χ1n) is 8.15. The van der Waals surface area contributed by atoms with Crippen LogP contribution in [0.5, 0.6) is 0 Å². The van der Waals surface area contributed by atoms with Crippen LogP contribution in [0.2, 0.25) is 22.9 Å². The normalized spacial score (nSPS) is 25.7. The summed E-state index contributed by atoms with van der Waals surface area (Å²) in [5, 5.41) is 1.60. The van der Waals surface area contributed by atoms with E-state index in [1.807, 2.05) is 0 Å². The van der Waals surface area contributed by atoms with E-state index in [4.69, 9.17) is 0 Å². The molecule has 109 valence electrons. The molecule has 0 saturated heterocycles. The van der Waals surface area contributed by atoms with Crippen LogP contribution in [0.15, 0.2) is 53.1 Å². The fourth-order valence-corrected chi connectivity index (χ4v) is 10.1. The van der Waals surface area contributed by atoms with Crippen molar-refractivity contribution in [3.63, 3.8) is 0 Å². The van der Waals surface area contributed by atoms with Crippen LogP contribution in [0.3, 0.4) is 0 Å². The van der Waals surface area contributed by atoms with Crippen molar-refractivity contribution in [1.29, 1.82) is 0 Å². The summed E-state index contributed by atoms with van der Waals surface area (Å²) in [4.78, 5) is 0. The van der Waals surface area contributed by atoms with Gasteiger partial charge in [0.2, 0.25) is 0 Å². The number of benzene rings is 1. The van der Waals surface area contributed by atoms with Crippen molar-refractivity contribution >= 4 is 13.3 Å². The fourth-order valence-electron chi connectivity index (χ4n) is 4.22. The summed E-state index contributed by atoms with van der Waals surface area (Å²) < 4.78 is 0.325. The molecule has 0 aromatic heterocycles. The van der Waals surface area contributed by atoms with E-state index in [-0.39, 0.29) is 0 Å². The van der Waals surface area contributed by atoms with Crippen molar-refractivity contribution in [2.24, 2.45) is 0 Å². The molecule has 1 atom stereocenters. The molecule has 21 heavy (non-hydrogen) atoms. The standard InChI is InChI=1S/C19H25Si.Ti/c1-15-13-16(19-12-8-7-11-18(15)19)14-20(2,3)17-9-5-4-6-10-17;/h4-6,9-10,13H,7-8,11-12,14H2,1-3H3;. The van der Waals surface area contributed by atoms with Crippen LogP contribution in [-0.2, 0) is 20.4 Å². The maximum absolute atomic E-state index is 2.60. The van der Waals surface area contributed by atoms with Gasteiger partial charge in [-0.15, -0.1) is 0 Å². The molecule has 0 N–H and O–H groups in total. The first kappa shape index (κ1) is 15.5. The summed E-state index contributed by atoms with van der Waals surface area (Å²) >= 11 is 2.50. The number of rotatable bonds is 3. The molecule has 2 heteroatoms. The third-order valence-corrected chi connectivity index (χ3v) is 10.1. The molecule has 0 amide bonds. The van der Waals surface area contributed by atoms with Crippen LogP contribution in [-0.4, -0.2) is 8.07 Å². The first-order valence-corrected chi connectivity index (χ1v) is 12.1. The first-order chi connectivity index (χ1) is 9.92. The zero-order chi connectivity index (χ0) is 15.1. The molecule has 2 aliphatic rings. The predicted octanol–water partition coefficient (Wildman–Crippen LogP) is 5.14. The van der Waals surface area contributed by atoms with Crippen LogP contribution in [0.1, 0.15) is 32.6 Å². The molecule has 1 aromatic carbocycles. The van der Waals surface area contributed by atoms with E-state index >= 15 is 0 Å². The Bertz CT molecular complexity index is 597. The molecule has 0 spiro atoms. The maximum atomic E-state index is 2.60. The van der Waals surface area contributed by atoms with Gasteiger partial charge < -0.3 is 0 Å². The van der Waals surface area contributed by atoms with Crippen LogP contribution in [0, 0.1) is 0 Å². The monoisotopic (exact) mass is 329 g/mol. The van der Waals surface area contributed by atoms with Crippen LogP contribution in [0.25, 0.3) is 0 Å². The summed E-state index contributed by atoms with van der Waals surface area (Å²) in [6, 6.07) is 12.6. The molecule has 0 aliphatic heterocycles. The van der Waals surface area contributed by atoms with Crippen LogP contribution in [0.4, 0.5) is 0 Å². The summed E-state index contributed by atoms with van der Waals surface area (Å²) in [5.74, 6) is 0. The summed E-state index contributed by atoms with van der Waals surface area (Å²) in [7, 11) is -1.40. The van der Waals surface area contributed by atoms with Gasteiger partial charge in [-0.25, -0.2) is 0 Å². The quantitative estimate of drug-likeness (QED) is 0.674. The summed E-state index contributed by atoms with van der Waals surface area (Å²) in [6.45, 7) is 7.42. The van der Waals surface area contributed by atoms with Gasteiger partial charge >= 0.3 is 142 Å². The Morgan fingerprint density at radius 1 is 1.10 bits per heavy atom. The zero-order valence-corrected chi connectivity index (χ0v) is 16.1. The van der Waals surface area contributed by atoms with E-state index in [0.717, 1.165) is 0 Å².